The van der Waals surface area contributed by atoms with Gasteiger partial charge in [-0.2, -0.15) is 0 Å². The van der Waals surface area contributed by atoms with Gasteiger partial charge in [0.25, 0.3) is 5.91 Å². The van der Waals surface area contributed by atoms with Gasteiger partial charge in [-0.25, -0.2) is 10.2 Å². The van der Waals surface area contributed by atoms with Crippen molar-refractivity contribution in [2.45, 2.75) is 117 Å². The molecule has 3 aromatic rings. The number of aliphatic carboxylic acids is 1. The Labute approximate surface area is 395 Å². The van der Waals surface area contributed by atoms with Crippen molar-refractivity contribution >= 4 is 46.1 Å². The van der Waals surface area contributed by atoms with Gasteiger partial charge >= 0.3 is 18.0 Å². The van der Waals surface area contributed by atoms with E-state index in [1.165, 1.54) is 11.9 Å². The third-order valence-corrected chi connectivity index (χ3v) is 13.3. The molecule has 2 amide bonds. The number of fused-ring (bicyclic) bond motifs is 2. The number of benzene rings is 1. The number of hydrogen-bond donors (Lipinski definition) is 3. The molecular weight excluding hydrogens is 857 g/mol. The summed E-state index contributed by atoms with van der Waals surface area (Å²) in [5.41, 5.74) is 9.90. The Bertz CT molecular complexity index is 2320. The van der Waals surface area contributed by atoms with Gasteiger partial charge in [0.2, 0.25) is 0 Å². The van der Waals surface area contributed by atoms with Crippen molar-refractivity contribution in [1.82, 2.24) is 35.1 Å². The van der Waals surface area contributed by atoms with Gasteiger partial charge in [0.1, 0.15) is 17.7 Å². The predicted molar refractivity (Wildman–Crippen MR) is 256 cm³/mol. The Morgan fingerprint density at radius 3 is 2.57 bits per heavy atom. The van der Waals surface area contributed by atoms with E-state index in [-0.39, 0.29) is 25.2 Å². The van der Waals surface area contributed by atoms with Crippen LogP contribution in [0, 0.1) is 5.41 Å². The molecular formula is C50H72N8O9. The molecule has 0 radical (unpaired) electrons. The fourth-order valence-electron chi connectivity index (χ4n) is 9.88. The monoisotopic (exact) mass is 929 g/mol. The Balaban J connectivity index is 1.26. The van der Waals surface area contributed by atoms with Gasteiger partial charge in [-0.05, 0) is 95.2 Å². The average molecular weight is 929 g/mol. The summed E-state index contributed by atoms with van der Waals surface area (Å²) in [5, 5.41) is 14.9. The lowest BCUT2D eigenvalue weighted by molar-refractivity contribution is -0.148. The Kier molecular flexibility index (Phi) is 15.7. The Morgan fingerprint density at radius 1 is 1.06 bits per heavy atom. The first-order valence-electron chi connectivity index (χ1n) is 23.9. The molecule has 1 aromatic carbocycles. The smallest absolute Gasteiger partial charge is 0.408 e. The first kappa shape index (κ1) is 49.8. The zero-order chi connectivity index (χ0) is 48.2. The molecule has 7 rings (SSSR count). The molecule has 0 bridgehead atoms. The number of hydrogen-bond acceptors (Lipinski definition) is 13. The van der Waals surface area contributed by atoms with E-state index >= 15 is 0 Å². The second kappa shape index (κ2) is 21.1. The standard InChI is InChI=1S/C50H72N8O9/c1-10-57-43-16-15-34(35-13-11-17-54(27-35)29-42(52-48(63)67-49(4,5)6)46(60)58-18-12-14-41(53-58)47(61)62)23-38(43)40(25-50(7,8)31-66-33(3)59)45(57)39-24-36(26-51-44(39)32(2)64-9)56-20-19-55-21-22-65-30-37(55)28-56/h13,15-16,23-24,26,32,37,41-42,53H,10-12,14,17-22,25,27-31H2,1-9H3,(H,52,63)(H,61,62)/t32-,37-,41-,42-/m0/s1. The van der Waals surface area contributed by atoms with Gasteiger partial charge in [0, 0.05) is 94.8 Å². The molecule has 4 aliphatic heterocycles. The summed E-state index contributed by atoms with van der Waals surface area (Å²) in [5.74, 6) is -1.78. The van der Waals surface area contributed by atoms with Crippen molar-refractivity contribution in [2.75, 3.05) is 84.2 Å². The summed E-state index contributed by atoms with van der Waals surface area (Å²) in [7, 11) is 1.71. The molecule has 67 heavy (non-hydrogen) atoms. The highest BCUT2D eigenvalue weighted by Crippen LogP contribution is 2.43. The number of rotatable bonds is 15. The molecule has 0 unspecified atom stereocenters. The number of anilines is 1. The molecule has 4 atom stereocenters. The molecule has 17 nitrogen and oxygen atoms in total. The van der Waals surface area contributed by atoms with Gasteiger partial charge in [-0.1, -0.05) is 26.0 Å². The lowest BCUT2D eigenvalue weighted by Crippen LogP contribution is -2.62. The minimum atomic E-state index is -1.03. The van der Waals surface area contributed by atoms with Crippen LogP contribution in [0.2, 0.25) is 0 Å². The number of methoxy groups -OCH3 is 1. The number of amides is 2. The molecule has 17 heteroatoms. The summed E-state index contributed by atoms with van der Waals surface area (Å²) >= 11 is 0. The van der Waals surface area contributed by atoms with Crippen molar-refractivity contribution in [2.24, 2.45) is 5.41 Å². The highest BCUT2D eigenvalue weighted by Gasteiger charge is 2.36. The van der Waals surface area contributed by atoms with Crippen LogP contribution in [-0.4, -0.2) is 156 Å². The fraction of sp³-hybridized carbons (Fsp3) is 0.620. The van der Waals surface area contributed by atoms with E-state index in [1.807, 2.05) is 13.1 Å². The number of carbonyl (C=O) groups excluding carboxylic acids is 3. The molecule has 0 saturated carbocycles. The van der Waals surface area contributed by atoms with Crippen LogP contribution < -0.4 is 15.6 Å². The second-order valence-corrected chi connectivity index (χ2v) is 20.2. The van der Waals surface area contributed by atoms with Crippen LogP contribution in [0.1, 0.15) is 97.6 Å². The summed E-state index contributed by atoms with van der Waals surface area (Å²) in [6, 6.07) is 7.31. The second-order valence-electron chi connectivity index (χ2n) is 20.2. The van der Waals surface area contributed by atoms with Crippen LogP contribution in [0.25, 0.3) is 27.7 Å². The van der Waals surface area contributed by atoms with E-state index in [4.69, 9.17) is 23.9 Å². The molecule has 3 fully saturated rings. The third kappa shape index (κ3) is 12.0. The third-order valence-electron chi connectivity index (χ3n) is 13.3. The van der Waals surface area contributed by atoms with Gasteiger partial charge in [0.05, 0.1) is 55.2 Å². The van der Waals surface area contributed by atoms with Crippen LogP contribution in [0.15, 0.2) is 36.5 Å². The molecule has 2 aromatic heterocycles. The maximum absolute atomic E-state index is 14.1. The number of carbonyl (C=O) groups is 4. The largest absolute Gasteiger partial charge is 0.480 e. The Morgan fingerprint density at radius 2 is 1.85 bits per heavy atom. The van der Waals surface area contributed by atoms with Crippen molar-refractivity contribution < 1.29 is 43.2 Å². The lowest BCUT2D eigenvalue weighted by atomic mass is 9.84. The zero-order valence-electron chi connectivity index (χ0n) is 41.0. The molecule has 3 N–H and O–H groups in total. The fourth-order valence-corrected chi connectivity index (χ4v) is 9.88. The average Bonchev–Trinajstić information content (AvgIpc) is 3.60. The van der Waals surface area contributed by atoms with E-state index in [2.05, 4.69) is 81.1 Å². The summed E-state index contributed by atoms with van der Waals surface area (Å²) in [6.45, 7) is 22.9. The highest BCUT2D eigenvalue weighted by molar-refractivity contribution is 5.95. The maximum Gasteiger partial charge on any atom is 0.408 e. The van der Waals surface area contributed by atoms with Crippen LogP contribution in [0.3, 0.4) is 0 Å². The van der Waals surface area contributed by atoms with Gasteiger partial charge < -0.3 is 38.8 Å². The number of alkyl carbamates (subject to hydrolysis) is 1. The number of pyridine rings is 1. The van der Waals surface area contributed by atoms with Crippen LogP contribution >= 0.6 is 0 Å². The van der Waals surface area contributed by atoms with E-state index < -0.39 is 41.1 Å². The molecule has 6 heterocycles. The first-order valence-corrected chi connectivity index (χ1v) is 23.9. The van der Waals surface area contributed by atoms with E-state index in [9.17, 15) is 24.3 Å². The highest BCUT2D eigenvalue weighted by atomic mass is 16.6. The molecule has 3 saturated heterocycles. The molecule has 366 valence electrons. The Hall–Kier alpha value is -5.07. The summed E-state index contributed by atoms with van der Waals surface area (Å²) < 4.78 is 25.5. The SMILES string of the molecule is CCn1c(-c2cc(N3CCN4CCOC[C@@H]4C3)cnc2[C@H](C)OC)c(CC(C)(C)COC(C)=O)c2cc(C3=CCCN(C[C@H](NC(=O)OC(C)(C)C)C(=O)N4CCC[C@@H](C(=O)O)N4)C3)ccc21. The van der Waals surface area contributed by atoms with Crippen molar-refractivity contribution in [3.8, 4) is 11.3 Å². The molecule has 0 spiro atoms. The van der Waals surface area contributed by atoms with Crippen LogP contribution in [-0.2, 0) is 46.3 Å². The number of morpholine rings is 1. The molecule has 4 aliphatic rings. The van der Waals surface area contributed by atoms with Gasteiger partial charge in [0.15, 0.2) is 0 Å². The number of carboxylic acids is 1. The number of esters is 1. The van der Waals surface area contributed by atoms with Crippen LogP contribution in [0.4, 0.5) is 10.5 Å². The number of nitrogens with zero attached hydrogens (tertiary/aromatic N) is 6. The first-order chi connectivity index (χ1) is 31.8. The van der Waals surface area contributed by atoms with Crippen LogP contribution in [0.5, 0.6) is 0 Å². The number of ether oxygens (including phenoxy) is 4. The van der Waals surface area contributed by atoms with E-state index in [0.717, 1.165) is 83.0 Å². The van der Waals surface area contributed by atoms with Gasteiger partial charge in [-0.15, -0.1) is 0 Å². The maximum atomic E-state index is 14.1. The lowest BCUT2D eigenvalue weighted by Gasteiger charge is -2.44. The van der Waals surface area contributed by atoms with Crippen molar-refractivity contribution in [3.05, 3.63) is 53.4 Å². The minimum absolute atomic E-state index is 0.187. The number of aryl methyl sites for hydroxylation is 1. The predicted octanol–water partition coefficient (Wildman–Crippen LogP) is 5.65. The number of hydrazine groups is 1. The number of piperazine rings is 1. The number of carboxylic acid groups (broad SMARTS) is 1. The number of nitrogens with one attached hydrogen (secondary N) is 2. The molecule has 0 aliphatic carbocycles. The summed E-state index contributed by atoms with van der Waals surface area (Å²) in [4.78, 5) is 63.6. The quantitative estimate of drug-likeness (QED) is 0.159. The summed E-state index contributed by atoms with van der Waals surface area (Å²) in [6.07, 6.45) is 5.43. The van der Waals surface area contributed by atoms with Crippen molar-refractivity contribution in [3.63, 3.8) is 0 Å². The minimum Gasteiger partial charge on any atom is -0.480 e. The topological polar surface area (TPSA) is 180 Å². The van der Waals surface area contributed by atoms with E-state index in [0.29, 0.717) is 64.5 Å². The zero-order valence-corrected chi connectivity index (χ0v) is 41.0. The normalized spacial score (nSPS) is 20.8. The van der Waals surface area contributed by atoms with E-state index in [1.54, 1.807) is 27.9 Å². The van der Waals surface area contributed by atoms with Gasteiger partial charge in [-0.3, -0.25) is 34.2 Å². The number of aromatic nitrogens is 2. The van der Waals surface area contributed by atoms with Crippen molar-refractivity contribution in [1.29, 1.82) is 0 Å².